The first-order chi connectivity index (χ1) is 9.63. The zero-order chi connectivity index (χ0) is 14.5. The lowest BCUT2D eigenvalue weighted by Gasteiger charge is -2.32. The van der Waals surface area contributed by atoms with Crippen LogP contribution in [0.2, 0.25) is 0 Å². The summed E-state index contributed by atoms with van der Waals surface area (Å²) in [5.74, 6) is -0.650. The smallest absolute Gasteiger partial charge is 0.256 e. The predicted octanol–water partition coefficient (Wildman–Crippen LogP) is 1.71. The zero-order valence-corrected chi connectivity index (χ0v) is 11.8. The fraction of sp³-hybridized carbons (Fsp3) is 0.533. The van der Waals surface area contributed by atoms with E-state index in [0.29, 0.717) is 31.8 Å². The van der Waals surface area contributed by atoms with Crippen molar-refractivity contribution in [1.82, 2.24) is 4.90 Å². The van der Waals surface area contributed by atoms with Crippen LogP contribution in [0.5, 0.6) is 0 Å². The standard InChI is InChI=1S/C15H21FN2O2/c1-11-3-2-4-13(14(11)16)15(19)18-8-5-12(6-9-18)20-10-7-17/h2-4,12H,5-10,17H2,1H3. The highest BCUT2D eigenvalue weighted by Crippen LogP contribution is 2.19. The topological polar surface area (TPSA) is 55.6 Å². The van der Waals surface area contributed by atoms with Gasteiger partial charge in [-0.2, -0.15) is 0 Å². The molecule has 0 aromatic heterocycles. The van der Waals surface area contributed by atoms with E-state index in [-0.39, 0.29) is 17.6 Å². The number of carbonyl (C=O) groups excluding carboxylic acids is 1. The van der Waals surface area contributed by atoms with Gasteiger partial charge in [-0.25, -0.2) is 4.39 Å². The van der Waals surface area contributed by atoms with Crippen LogP contribution in [0.25, 0.3) is 0 Å². The van der Waals surface area contributed by atoms with E-state index >= 15 is 0 Å². The van der Waals surface area contributed by atoms with Gasteiger partial charge in [0, 0.05) is 19.6 Å². The second-order valence-corrected chi connectivity index (χ2v) is 5.09. The second-order valence-electron chi connectivity index (χ2n) is 5.09. The van der Waals surface area contributed by atoms with Gasteiger partial charge in [0.15, 0.2) is 0 Å². The molecule has 20 heavy (non-hydrogen) atoms. The molecule has 1 aliphatic heterocycles. The Morgan fingerprint density at radius 2 is 2.15 bits per heavy atom. The maximum Gasteiger partial charge on any atom is 0.256 e. The van der Waals surface area contributed by atoms with Crippen LogP contribution in [0.15, 0.2) is 18.2 Å². The molecule has 1 amide bonds. The van der Waals surface area contributed by atoms with Gasteiger partial charge < -0.3 is 15.4 Å². The van der Waals surface area contributed by atoms with Crippen LogP contribution >= 0.6 is 0 Å². The maximum absolute atomic E-state index is 14.0. The van der Waals surface area contributed by atoms with E-state index in [4.69, 9.17) is 10.5 Å². The molecular formula is C15H21FN2O2. The number of hydrogen-bond acceptors (Lipinski definition) is 3. The Bertz CT molecular complexity index is 471. The summed E-state index contributed by atoms with van der Waals surface area (Å²) >= 11 is 0. The molecule has 2 rings (SSSR count). The number of ether oxygens (including phenoxy) is 1. The number of piperidine rings is 1. The van der Waals surface area contributed by atoms with Crippen molar-refractivity contribution in [1.29, 1.82) is 0 Å². The van der Waals surface area contributed by atoms with Crippen molar-refractivity contribution in [2.75, 3.05) is 26.2 Å². The number of nitrogens with zero attached hydrogens (tertiary/aromatic N) is 1. The summed E-state index contributed by atoms with van der Waals surface area (Å²) in [7, 11) is 0. The number of nitrogens with two attached hydrogens (primary N) is 1. The van der Waals surface area contributed by atoms with Gasteiger partial charge in [0.2, 0.25) is 0 Å². The molecule has 0 spiro atoms. The van der Waals surface area contributed by atoms with Crippen LogP contribution in [-0.4, -0.2) is 43.2 Å². The van der Waals surface area contributed by atoms with E-state index in [2.05, 4.69) is 0 Å². The third-order valence-corrected chi connectivity index (χ3v) is 3.62. The molecule has 1 saturated heterocycles. The second kappa shape index (κ2) is 6.81. The molecule has 1 aliphatic rings. The van der Waals surface area contributed by atoms with E-state index in [1.54, 1.807) is 30.0 Å². The van der Waals surface area contributed by atoms with Crippen molar-refractivity contribution in [3.05, 3.63) is 35.1 Å². The van der Waals surface area contributed by atoms with Gasteiger partial charge in [0.25, 0.3) is 5.91 Å². The number of amides is 1. The highest BCUT2D eigenvalue weighted by atomic mass is 19.1. The van der Waals surface area contributed by atoms with Crippen molar-refractivity contribution in [3.63, 3.8) is 0 Å². The molecule has 1 aromatic carbocycles. The molecule has 1 aromatic rings. The summed E-state index contributed by atoms with van der Waals surface area (Å²) in [6.45, 7) is 3.92. The SMILES string of the molecule is Cc1cccc(C(=O)N2CCC(OCCN)CC2)c1F. The van der Waals surface area contributed by atoms with Gasteiger partial charge in [0.1, 0.15) is 5.82 Å². The lowest BCUT2D eigenvalue weighted by molar-refractivity contribution is 0.0120. The summed E-state index contributed by atoms with van der Waals surface area (Å²) < 4.78 is 19.5. The first kappa shape index (κ1) is 14.9. The average Bonchev–Trinajstić information content (AvgIpc) is 2.48. The van der Waals surface area contributed by atoms with E-state index < -0.39 is 5.82 Å². The van der Waals surface area contributed by atoms with Crippen molar-refractivity contribution in [3.8, 4) is 0 Å². The Balaban J connectivity index is 1.96. The van der Waals surface area contributed by atoms with Crippen molar-refractivity contribution < 1.29 is 13.9 Å². The van der Waals surface area contributed by atoms with Gasteiger partial charge in [-0.3, -0.25) is 4.79 Å². The largest absolute Gasteiger partial charge is 0.377 e. The minimum Gasteiger partial charge on any atom is -0.377 e. The number of benzene rings is 1. The molecule has 4 nitrogen and oxygen atoms in total. The number of hydrogen-bond donors (Lipinski definition) is 1. The molecule has 110 valence electrons. The van der Waals surface area contributed by atoms with Crippen LogP contribution in [0.3, 0.4) is 0 Å². The van der Waals surface area contributed by atoms with Crippen LogP contribution in [0.4, 0.5) is 4.39 Å². The van der Waals surface area contributed by atoms with Crippen LogP contribution in [0, 0.1) is 12.7 Å². The number of aryl methyl sites for hydroxylation is 1. The van der Waals surface area contributed by atoms with Crippen LogP contribution in [-0.2, 0) is 4.74 Å². The fourth-order valence-corrected chi connectivity index (χ4v) is 2.44. The van der Waals surface area contributed by atoms with E-state index in [1.807, 2.05) is 0 Å². The number of likely N-dealkylation sites (tertiary alicyclic amines) is 1. The average molecular weight is 280 g/mol. The Labute approximate surface area is 118 Å². The van der Waals surface area contributed by atoms with E-state index in [9.17, 15) is 9.18 Å². The summed E-state index contributed by atoms with van der Waals surface area (Å²) in [5.41, 5.74) is 6.05. The van der Waals surface area contributed by atoms with E-state index in [1.165, 1.54) is 0 Å². The minimum atomic E-state index is -0.418. The van der Waals surface area contributed by atoms with Gasteiger partial charge in [-0.1, -0.05) is 12.1 Å². The lowest BCUT2D eigenvalue weighted by Crippen LogP contribution is -2.41. The predicted molar refractivity (Wildman–Crippen MR) is 75.1 cm³/mol. The van der Waals surface area contributed by atoms with E-state index in [0.717, 1.165) is 12.8 Å². The summed E-state index contributed by atoms with van der Waals surface area (Å²) in [5, 5.41) is 0. The fourth-order valence-electron chi connectivity index (χ4n) is 2.44. The maximum atomic E-state index is 14.0. The highest BCUT2D eigenvalue weighted by molar-refractivity contribution is 5.94. The zero-order valence-electron chi connectivity index (χ0n) is 11.8. The molecule has 0 saturated carbocycles. The molecule has 0 bridgehead atoms. The normalized spacial score (nSPS) is 16.4. The number of carbonyl (C=O) groups is 1. The highest BCUT2D eigenvalue weighted by Gasteiger charge is 2.25. The molecule has 1 fully saturated rings. The van der Waals surface area contributed by atoms with Crippen molar-refractivity contribution in [2.45, 2.75) is 25.9 Å². The van der Waals surface area contributed by atoms with Gasteiger partial charge in [0.05, 0.1) is 18.3 Å². The van der Waals surface area contributed by atoms with Gasteiger partial charge in [-0.15, -0.1) is 0 Å². The molecule has 5 heteroatoms. The summed E-state index contributed by atoms with van der Waals surface area (Å²) in [6, 6.07) is 4.92. The number of rotatable bonds is 4. The van der Waals surface area contributed by atoms with Gasteiger partial charge in [-0.05, 0) is 31.4 Å². The quantitative estimate of drug-likeness (QED) is 0.913. The molecule has 0 aliphatic carbocycles. The van der Waals surface area contributed by atoms with Crippen molar-refractivity contribution in [2.24, 2.45) is 5.73 Å². The first-order valence-electron chi connectivity index (χ1n) is 6.99. The number of halogens is 1. The molecule has 2 N–H and O–H groups in total. The monoisotopic (exact) mass is 280 g/mol. The lowest BCUT2D eigenvalue weighted by atomic mass is 10.0. The van der Waals surface area contributed by atoms with Crippen LogP contribution in [0.1, 0.15) is 28.8 Å². The van der Waals surface area contributed by atoms with Crippen molar-refractivity contribution >= 4 is 5.91 Å². The van der Waals surface area contributed by atoms with Gasteiger partial charge >= 0.3 is 0 Å². The summed E-state index contributed by atoms with van der Waals surface area (Å²) in [6.07, 6.45) is 1.71. The molecule has 0 radical (unpaired) electrons. The Morgan fingerprint density at radius 3 is 2.80 bits per heavy atom. The Kier molecular flexibility index (Phi) is 5.09. The Morgan fingerprint density at radius 1 is 1.45 bits per heavy atom. The molecule has 1 heterocycles. The first-order valence-corrected chi connectivity index (χ1v) is 6.99. The molecule has 0 atom stereocenters. The Hall–Kier alpha value is -1.46. The third kappa shape index (κ3) is 3.35. The third-order valence-electron chi connectivity index (χ3n) is 3.62. The molecular weight excluding hydrogens is 259 g/mol. The molecule has 0 unspecified atom stereocenters. The summed E-state index contributed by atoms with van der Waals surface area (Å²) in [4.78, 5) is 14.0. The van der Waals surface area contributed by atoms with Crippen LogP contribution < -0.4 is 5.73 Å². The minimum absolute atomic E-state index is 0.157.